The molecule has 1 atom stereocenters. The zero-order valence-corrected chi connectivity index (χ0v) is 27.8. The molecule has 0 heterocycles. The van der Waals surface area contributed by atoms with Crippen LogP contribution in [0.1, 0.15) is 47.9 Å². The highest BCUT2D eigenvalue weighted by atomic mass is 35.5. The highest BCUT2D eigenvalue weighted by molar-refractivity contribution is 7.92. The van der Waals surface area contributed by atoms with Crippen LogP contribution in [0.4, 0.5) is 5.69 Å². The molecular weight excluding hydrogens is 618 g/mol. The van der Waals surface area contributed by atoms with Gasteiger partial charge >= 0.3 is 0 Å². The van der Waals surface area contributed by atoms with Crippen molar-refractivity contribution in [2.45, 2.75) is 69.5 Å². The van der Waals surface area contributed by atoms with Crippen molar-refractivity contribution < 1.29 is 18.0 Å². The number of benzene rings is 4. The molecule has 0 aliphatic heterocycles. The minimum atomic E-state index is -4.17. The van der Waals surface area contributed by atoms with E-state index in [4.69, 9.17) is 11.6 Å². The number of carbonyl (C=O) groups excluding carboxylic acids is 2. The molecule has 1 fully saturated rings. The van der Waals surface area contributed by atoms with Gasteiger partial charge in [0.1, 0.15) is 12.6 Å². The Labute approximate surface area is 277 Å². The van der Waals surface area contributed by atoms with Gasteiger partial charge in [-0.1, -0.05) is 102 Å². The number of aryl methyl sites for hydroxylation is 2. The third kappa shape index (κ3) is 8.36. The van der Waals surface area contributed by atoms with Gasteiger partial charge in [0.25, 0.3) is 10.0 Å². The monoisotopic (exact) mass is 657 g/mol. The standard InChI is InChI=1S/C37H40ClN3O4S/c1-27-15-21-34(22-16-27)46(44,45)41(33-19-17-31(38)18-20-33)26-36(42)40(25-30-12-8-9-28(2)23-30)35(24-29-10-4-3-5-11-29)37(43)39-32-13-6-7-14-32/h3-5,8-12,15-23,32,35H,6-7,13-14,24-26H2,1-2H3,(H,39,43)/t35-/m1/s1. The summed E-state index contributed by atoms with van der Waals surface area (Å²) in [4.78, 5) is 30.3. The molecule has 2 amide bonds. The number of nitrogens with zero attached hydrogens (tertiary/aromatic N) is 2. The van der Waals surface area contributed by atoms with Gasteiger partial charge in [-0.3, -0.25) is 13.9 Å². The van der Waals surface area contributed by atoms with Gasteiger partial charge in [0.05, 0.1) is 10.6 Å². The second-order valence-corrected chi connectivity index (χ2v) is 14.3. The van der Waals surface area contributed by atoms with Crippen molar-refractivity contribution >= 4 is 39.1 Å². The maximum absolute atomic E-state index is 14.6. The first-order chi connectivity index (χ1) is 22.1. The number of sulfonamides is 1. The zero-order valence-electron chi connectivity index (χ0n) is 26.2. The summed E-state index contributed by atoms with van der Waals surface area (Å²) in [6, 6.07) is 29.4. The molecule has 1 aliphatic rings. The van der Waals surface area contributed by atoms with Gasteiger partial charge in [-0.25, -0.2) is 8.42 Å². The van der Waals surface area contributed by atoms with Crippen molar-refractivity contribution in [2.24, 2.45) is 0 Å². The van der Waals surface area contributed by atoms with Crippen LogP contribution in [-0.2, 0) is 32.6 Å². The number of rotatable bonds is 12. The normalized spacial score (nSPS) is 14.1. The summed E-state index contributed by atoms with van der Waals surface area (Å²) in [5.74, 6) is -0.731. The minimum Gasteiger partial charge on any atom is -0.352 e. The summed E-state index contributed by atoms with van der Waals surface area (Å²) in [5.41, 5.74) is 3.97. The molecule has 0 bridgehead atoms. The maximum atomic E-state index is 14.6. The molecule has 1 N–H and O–H groups in total. The van der Waals surface area contributed by atoms with Crippen LogP contribution in [-0.4, -0.2) is 43.8 Å². The van der Waals surface area contributed by atoms with Gasteiger partial charge in [0, 0.05) is 24.0 Å². The van der Waals surface area contributed by atoms with E-state index in [1.807, 2.05) is 68.4 Å². The third-order valence-corrected chi connectivity index (χ3v) is 10.5. The van der Waals surface area contributed by atoms with E-state index in [9.17, 15) is 18.0 Å². The predicted octanol–water partition coefficient (Wildman–Crippen LogP) is 6.85. The second-order valence-electron chi connectivity index (χ2n) is 12.0. The topological polar surface area (TPSA) is 86.8 Å². The molecule has 0 spiro atoms. The van der Waals surface area contributed by atoms with Crippen LogP contribution in [0.15, 0.2) is 108 Å². The fourth-order valence-corrected chi connectivity index (χ4v) is 7.44. The van der Waals surface area contributed by atoms with Crippen LogP contribution in [0.5, 0.6) is 0 Å². The number of halogens is 1. The van der Waals surface area contributed by atoms with Crippen molar-refractivity contribution in [3.63, 3.8) is 0 Å². The number of hydrogen-bond donors (Lipinski definition) is 1. The number of carbonyl (C=O) groups is 2. The third-order valence-electron chi connectivity index (χ3n) is 8.41. The predicted molar refractivity (Wildman–Crippen MR) is 183 cm³/mol. The first-order valence-corrected chi connectivity index (χ1v) is 17.5. The molecule has 0 aromatic heterocycles. The molecule has 0 unspecified atom stereocenters. The summed E-state index contributed by atoms with van der Waals surface area (Å²) in [5, 5.41) is 3.65. The first-order valence-electron chi connectivity index (χ1n) is 15.6. The Bertz CT molecular complexity index is 1740. The summed E-state index contributed by atoms with van der Waals surface area (Å²) in [6.45, 7) is 3.48. The van der Waals surface area contributed by atoms with Crippen LogP contribution in [0.2, 0.25) is 5.02 Å². The second kappa shape index (κ2) is 15.0. The molecule has 240 valence electrons. The van der Waals surface area contributed by atoms with Crippen molar-refractivity contribution in [2.75, 3.05) is 10.8 Å². The number of amides is 2. The van der Waals surface area contributed by atoms with E-state index < -0.39 is 28.5 Å². The lowest BCUT2D eigenvalue weighted by molar-refractivity contribution is -0.140. The molecule has 5 rings (SSSR count). The highest BCUT2D eigenvalue weighted by Gasteiger charge is 2.35. The van der Waals surface area contributed by atoms with Crippen molar-refractivity contribution in [3.8, 4) is 0 Å². The summed E-state index contributed by atoms with van der Waals surface area (Å²) in [6.07, 6.45) is 4.17. The molecule has 1 aliphatic carbocycles. The summed E-state index contributed by atoms with van der Waals surface area (Å²) in [7, 11) is -4.17. The van der Waals surface area contributed by atoms with Crippen LogP contribution < -0.4 is 9.62 Å². The van der Waals surface area contributed by atoms with Crippen LogP contribution in [0, 0.1) is 13.8 Å². The van der Waals surface area contributed by atoms with E-state index in [0.29, 0.717) is 10.7 Å². The van der Waals surface area contributed by atoms with E-state index in [1.165, 1.54) is 12.1 Å². The Morgan fingerprint density at radius 2 is 1.48 bits per heavy atom. The lowest BCUT2D eigenvalue weighted by Gasteiger charge is -2.34. The Kier molecular flexibility index (Phi) is 10.8. The summed E-state index contributed by atoms with van der Waals surface area (Å²) >= 11 is 6.16. The van der Waals surface area contributed by atoms with Gasteiger partial charge in [-0.15, -0.1) is 0 Å². The van der Waals surface area contributed by atoms with E-state index >= 15 is 0 Å². The molecule has 0 radical (unpaired) electrons. The number of nitrogens with one attached hydrogen (secondary N) is 1. The van der Waals surface area contributed by atoms with E-state index in [2.05, 4.69) is 5.32 Å². The van der Waals surface area contributed by atoms with Gasteiger partial charge < -0.3 is 10.2 Å². The molecule has 7 nitrogen and oxygen atoms in total. The number of anilines is 1. The average Bonchev–Trinajstić information content (AvgIpc) is 3.55. The van der Waals surface area contributed by atoms with Crippen molar-refractivity contribution in [3.05, 3.63) is 130 Å². The fourth-order valence-electron chi connectivity index (χ4n) is 5.90. The minimum absolute atomic E-state index is 0.0502. The molecule has 9 heteroatoms. The number of hydrogen-bond acceptors (Lipinski definition) is 4. The van der Waals surface area contributed by atoms with E-state index in [-0.39, 0.29) is 29.8 Å². The van der Waals surface area contributed by atoms with E-state index in [0.717, 1.165) is 52.2 Å². The highest BCUT2D eigenvalue weighted by Crippen LogP contribution is 2.27. The van der Waals surface area contributed by atoms with E-state index in [1.54, 1.807) is 41.3 Å². The van der Waals surface area contributed by atoms with Crippen molar-refractivity contribution in [1.82, 2.24) is 10.2 Å². The van der Waals surface area contributed by atoms with Crippen LogP contribution in [0.3, 0.4) is 0 Å². The smallest absolute Gasteiger partial charge is 0.264 e. The lowest BCUT2D eigenvalue weighted by atomic mass is 10.0. The molecular formula is C37H40ClN3O4S. The largest absolute Gasteiger partial charge is 0.352 e. The Morgan fingerprint density at radius 1 is 0.826 bits per heavy atom. The average molecular weight is 658 g/mol. The quantitative estimate of drug-likeness (QED) is 0.181. The van der Waals surface area contributed by atoms with Crippen LogP contribution >= 0.6 is 11.6 Å². The Morgan fingerprint density at radius 3 is 2.13 bits per heavy atom. The molecule has 46 heavy (non-hydrogen) atoms. The van der Waals surface area contributed by atoms with Gasteiger partial charge in [0.15, 0.2) is 0 Å². The van der Waals surface area contributed by atoms with Gasteiger partial charge in [-0.2, -0.15) is 0 Å². The maximum Gasteiger partial charge on any atom is 0.264 e. The lowest BCUT2D eigenvalue weighted by Crippen LogP contribution is -2.54. The Hall–Kier alpha value is -4.14. The molecule has 1 saturated carbocycles. The SMILES string of the molecule is Cc1ccc(S(=O)(=O)N(CC(=O)N(Cc2cccc(C)c2)[C@H](Cc2ccccc2)C(=O)NC2CCCC2)c2ccc(Cl)cc2)cc1. The van der Waals surface area contributed by atoms with Crippen molar-refractivity contribution in [1.29, 1.82) is 0 Å². The Balaban J connectivity index is 1.56. The molecule has 4 aromatic rings. The fraction of sp³-hybridized carbons (Fsp3) is 0.297. The molecule has 0 saturated heterocycles. The summed E-state index contributed by atoms with van der Waals surface area (Å²) < 4.78 is 29.4. The van der Waals surface area contributed by atoms with Crippen LogP contribution in [0.25, 0.3) is 0 Å². The van der Waals surface area contributed by atoms with Gasteiger partial charge in [0.2, 0.25) is 11.8 Å². The zero-order chi connectivity index (χ0) is 32.7. The van der Waals surface area contributed by atoms with Gasteiger partial charge in [-0.05, 0) is 74.2 Å². The molecule has 4 aromatic carbocycles. The first kappa shape index (κ1) is 33.2.